The summed E-state index contributed by atoms with van der Waals surface area (Å²) in [5.74, 6) is 0. The van der Waals surface area contributed by atoms with Crippen LogP contribution in [0, 0.1) is 0 Å². The minimum Gasteiger partial charge on any atom is -0.396 e. The molecule has 0 bridgehead atoms. The highest BCUT2D eigenvalue weighted by atomic mass is 79.9. The SMILES string of the molecule is Nc1c(Br)cccc1N=Nc1ccc(-c2cccnc2)cc1. The van der Waals surface area contributed by atoms with Crippen molar-refractivity contribution in [3.8, 4) is 11.1 Å². The molecule has 0 spiro atoms. The number of rotatable bonds is 3. The summed E-state index contributed by atoms with van der Waals surface area (Å²) in [7, 11) is 0. The number of azo groups is 1. The summed E-state index contributed by atoms with van der Waals surface area (Å²) in [5, 5.41) is 8.42. The second-order valence-electron chi connectivity index (χ2n) is 4.66. The first-order valence-corrected chi connectivity index (χ1v) is 7.49. The number of nitrogen functional groups attached to an aromatic ring is 1. The maximum Gasteiger partial charge on any atom is 0.110 e. The molecule has 2 N–H and O–H groups in total. The molecule has 4 nitrogen and oxygen atoms in total. The van der Waals surface area contributed by atoms with Crippen LogP contribution in [0.25, 0.3) is 11.1 Å². The van der Waals surface area contributed by atoms with Gasteiger partial charge in [0.15, 0.2) is 0 Å². The largest absolute Gasteiger partial charge is 0.396 e. The molecule has 1 heterocycles. The zero-order valence-corrected chi connectivity index (χ0v) is 13.2. The van der Waals surface area contributed by atoms with Gasteiger partial charge in [-0.05, 0) is 57.4 Å². The first-order chi connectivity index (χ1) is 10.7. The van der Waals surface area contributed by atoms with Crippen LogP contribution < -0.4 is 5.73 Å². The molecule has 0 aliphatic carbocycles. The Labute approximate surface area is 136 Å². The Morgan fingerprint density at radius 2 is 1.68 bits per heavy atom. The molecule has 5 heteroatoms. The molecule has 108 valence electrons. The number of pyridine rings is 1. The average molecular weight is 353 g/mol. The van der Waals surface area contributed by atoms with Crippen LogP contribution in [0.2, 0.25) is 0 Å². The maximum absolute atomic E-state index is 5.94. The number of hydrogen-bond acceptors (Lipinski definition) is 4. The van der Waals surface area contributed by atoms with E-state index in [1.54, 1.807) is 6.20 Å². The summed E-state index contributed by atoms with van der Waals surface area (Å²) in [4.78, 5) is 4.12. The molecule has 0 amide bonds. The van der Waals surface area contributed by atoms with E-state index in [0.717, 1.165) is 21.3 Å². The van der Waals surface area contributed by atoms with Gasteiger partial charge in [-0.15, -0.1) is 5.11 Å². The maximum atomic E-state index is 5.94. The van der Waals surface area contributed by atoms with Crippen LogP contribution in [-0.2, 0) is 0 Å². The Morgan fingerprint density at radius 3 is 2.41 bits per heavy atom. The van der Waals surface area contributed by atoms with Crippen molar-refractivity contribution in [3.63, 3.8) is 0 Å². The number of aromatic nitrogens is 1. The quantitative estimate of drug-likeness (QED) is 0.498. The van der Waals surface area contributed by atoms with Crippen molar-refractivity contribution < 1.29 is 0 Å². The number of hydrogen-bond donors (Lipinski definition) is 1. The molecule has 0 aliphatic rings. The Morgan fingerprint density at radius 1 is 0.864 bits per heavy atom. The third kappa shape index (κ3) is 3.20. The van der Waals surface area contributed by atoms with Gasteiger partial charge < -0.3 is 5.73 Å². The molecule has 0 radical (unpaired) electrons. The molecule has 1 aromatic heterocycles. The Kier molecular flexibility index (Phi) is 4.25. The van der Waals surface area contributed by atoms with Crippen LogP contribution in [-0.4, -0.2) is 4.98 Å². The van der Waals surface area contributed by atoms with Gasteiger partial charge >= 0.3 is 0 Å². The average Bonchev–Trinajstić information content (AvgIpc) is 2.57. The lowest BCUT2D eigenvalue weighted by molar-refractivity contribution is 1.23. The zero-order valence-electron chi connectivity index (χ0n) is 11.6. The topological polar surface area (TPSA) is 63.6 Å². The first kappa shape index (κ1) is 14.4. The van der Waals surface area contributed by atoms with Gasteiger partial charge in [0.2, 0.25) is 0 Å². The van der Waals surface area contributed by atoms with Crippen LogP contribution in [0.1, 0.15) is 0 Å². The molecule has 3 aromatic rings. The monoisotopic (exact) mass is 352 g/mol. The van der Waals surface area contributed by atoms with Crippen molar-refractivity contribution in [2.75, 3.05) is 5.73 Å². The summed E-state index contributed by atoms with van der Waals surface area (Å²) in [6.45, 7) is 0. The number of nitrogens with zero attached hydrogens (tertiary/aromatic N) is 3. The minimum absolute atomic E-state index is 0.582. The first-order valence-electron chi connectivity index (χ1n) is 6.70. The third-order valence-corrected chi connectivity index (χ3v) is 3.86. The summed E-state index contributed by atoms with van der Waals surface area (Å²) in [6.07, 6.45) is 3.59. The van der Waals surface area contributed by atoms with Gasteiger partial charge in [0, 0.05) is 16.9 Å². The summed E-state index contributed by atoms with van der Waals surface area (Å²) >= 11 is 3.38. The minimum atomic E-state index is 0.582. The van der Waals surface area contributed by atoms with Crippen molar-refractivity contribution in [2.24, 2.45) is 10.2 Å². The number of benzene rings is 2. The van der Waals surface area contributed by atoms with Crippen LogP contribution in [0.3, 0.4) is 0 Å². The van der Waals surface area contributed by atoms with Crippen LogP contribution in [0.15, 0.2) is 81.7 Å². The lowest BCUT2D eigenvalue weighted by Gasteiger charge is -2.02. The van der Waals surface area contributed by atoms with Crippen molar-refractivity contribution >= 4 is 33.0 Å². The fraction of sp³-hybridized carbons (Fsp3) is 0. The third-order valence-electron chi connectivity index (χ3n) is 3.17. The van der Waals surface area contributed by atoms with Gasteiger partial charge in [-0.2, -0.15) is 5.11 Å². The molecule has 0 atom stereocenters. The number of halogens is 1. The number of nitrogens with two attached hydrogens (primary N) is 1. The highest BCUT2D eigenvalue weighted by Gasteiger charge is 2.01. The van der Waals surface area contributed by atoms with E-state index >= 15 is 0 Å². The van der Waals surface area contributed by atoms with E-state index in [2.05, 4.69) is 31.1 Å². The fourth-order valence-electron chi connectivity index (χ4n) is 1.98. The predicted octanol–water partition coefficient (Wildman–Crippen LogP) is 5.51. The smallest absolute Gasteiger partial charge is 0.110 e. The summed E-state index contributed by atoms with van der Waals surface area (Å²) in [5.41, 5.74) is 10.1. The highest BCUT2D eigenvalue weighted by molar-refractivity contribution is 9.10. The van der Waals surface area contributed by atoms with E-state index in [0.29, 0.717) is 11.4 Å². The second-order valence-corrected chi connectivity index (χ2v) is 5.52. The van der Waals surface area contributed by atoms with Crippen LogP contribution >= 0.6 is 15.9 Å². The molecular weight excluding hydrogens is 340 g/mol. The summed E-state index contributed by atoms with van der Waals surface area (Å²) < 4.78 is 0.816. The lowest BCUT2D eigenvalue weighted by atomic mass is 10.1. The van der Waals surface area contributed by atoms with Crippen molar-refractivity contribution in [3.05, 3.63) is 71.5 Å². The van der Waals surface area contributed by atoms with Gasteiger partial charge in [0.1, 0.15) is 5.69 Å². The normalized spacial score (nSPS) is 11.0. The van der Waals surface area contributed by atoms with Crippen molar-refractivity contribution in [2.45, 2.75) is 0 Å². The van der Waals surface area contributed by atoms with Gasteiger partial charge in [-0.3, -0.25) is 4.98 Å². The summed E-state index contributed by atoms with van der Waals surface area (Å²) in [6, 6.07) is 17.3. The van der Waals surface area contributed by atoms with E-state index in [1.807, 2.05) is 60.8 Å². The van der Waals surface area contributed by atoms with Crippen molar-refractivity contribution in [1.29, 1.82) is 0 Å². The van der Waals surface area contributed by atoms with E-state index < -0.39 is 0 Å². The molecule has 3 rings (SSSR count). The molecule has 0 saturated carbocycles. The number of para-hydroxylation sites is 1. The molecule has 0 fully saturated rings. The standard InChI is InChI=1S/C17H13BrN4/c18-15-4-1-5-16(17(15)19)22-21-14-8-6-12(7-9-14)13-3-2-10-20-11-13/h1-11H,19H2. The van der Waals surface area contributed by atoms with Crippen molar-refractivity contribution in [1.82, 2.24) is 4.98 Å². The fourth-order valence-corrected chi connectivity index (χ4v) is 2.33. The van der Waals surface area contributed by atoms with Crippen LogP contribution in [0.4, 0.5) is 17.1 Å². The Hall–Kier alpha value is -2.53. The Bertz CT molecular complexity index is 799. The Balaban J connectivity index is 1.82. The van der Waals surface area contributed by atoms with Gasteiger partial charge in [-0.1, -0.05) is 24.3 Å². The lowest BCUT2D eigenvalue weighted by Crippen LogP contribution is -1.85. The molecule has 0 unspecified atom stereocenters. The predicted molar refractivity (Wildman–Crippen MR) is 92.4 cm³/mol. The van der Waals surface area contributed by atoms with E-state index in [1.165, 1.54) is 0 Å². The molecule has 22 heavy (non-hydrogen) atoms. The van der Waals surface area contributed by atoms with Crippen LogP contribution in [0.5, 0.6) is 0 Å². The molecule has 0 aliphatic heterocycles. The highest BCUT2D eigenvalue weighted by Crippen LogP contribution is 2.31. The van der Waals surface area contributed by atoms with E-state index in [4.69, 9.17) is 5.73 Å². The van der Waals surface area contributed by atoms with E-state index in [9.17, 15) is 0 Å². The molecular formula is C17H13BrN4. The number of anilines is 1. The molecule has 0 saturated heterocycles. The second kappa shape index (κ2) is 6.49. The zero-order chi connectivity index (χ0) is 15.4. The molecule has 2 aromatic carbocycles. The van der Waals surface area contributed by atoms with Gasteiger partial charge in [-0.25, -0.2) is 0 Å². The van der Waals surface area contributed by atoms with E-state index in [-0.39, 0.29) is 0 Å². The van der Waals surface area contributed by atoms with Gasteiger partial charge in [0.25, 0.3) is 0 Å². The van der Waals surface area contributed by atoms with Gasteiger partial charge in [0.05, 0.1) is 11.4 Å².